The minimum atomic E-state index is -0.596. The molecule has 1 atom stereocenters. The van der Waals surface area contributed by atoms with Crippen molar-refractivity contribution in [3.63, 3.8) is 0 Å². The second-order valence-corrected chi connectivity index (χ2v) is 7.71. The highest BCUT2D eigenvalue weighted by Crippen LogP contribution is 2.31. The Morgan fingerprint density at radius 1 is 1.18 bits per heavy atom. The number of aliphatic imine (C=N–C) groups is 1. The summed E-state index contributed by atoms with van der Waals surface area (Å²) in [5.74, 6) is -0.0482. The van der Waals surface area contributed by atoms with Crippen LogP contribution in [-0.2, 0) is 11.2 Å². The number of aromatic nitrogens is 5. The molecule has 3 aromatic heterocycles. The second-order valence-electron chi connectivity index (χ2n) is 7.71. The number of carbonyl (C=O) groups excluding carboxylic acids is 2. The van der Waals surface area contributed by atoms with E-state index in [2.05, 4.69) is 45.8 Å². The van der Waals surface area contributed by atoms with E-state index in [1.54, 1.807) is 43.3 Å². The molecule has 3 aromatic rings. The van der Waals surface area contributed by atoms with E-state index < -0.39 is 5.92 Å². The number of amides is 1. The third-order valence-corrected chi connectivity index (χ3v) is 5.57. The number of aromatic amines is 2. The molecule has 5 rings (SSSR count). The van der Waals surface area contributed by atoms with E-state index in [4.69, 9.17) is 0 Å². The number of nitrogens with zero attached hydrogens (tertiary/aromatic N) is 5. The van der Waals surface area contributed by atoms with Crippen LogP contribution in [0, 0.1) is 12.8 Å². The SMILES string of the molecule is Cc1[nH]c(C=C2NC=CN=C2C2C=NNC2=O)c(-c2ncccn2)c1CCC(=O)c1ncc[nH]1. The molecule has 1 unspecified atom stereocenters. The lowest BCUT2D eigenvalue weighted by atomic mass is 9.98. The van der Waals surface area contributed by atoms with Crippen LogP contribution in [0.1, 0.15) is 34.0 Å². The van der Waals surface area contributed by atoms with E-state index in [0.29, 0.717) is 29.5 Å². The molecule has 0 fully saturated rings. The van der Waals surface area contributed by atoms with Crippen LogP contribution in [0.4, 0.5) is 0 Å². The molecule has 0 aliphatic carbocycles. The van der Waals surface area contributed by atoms with Gasteiger partial charge in [-0.1, -0.05) is 0 Å². The van der Waals surface area contributed by atoms with Crippen molar-refractivity contribution in [2.45, 2.75) is 19.8 Å². The van der Waals surface area contributed by atoms with Gasteiger partial charge in [-0.15, -0.1) is 0 Å². The number of aryl methyl sites for hydroxylation is 1. The first-order valence-corrected chi connectivity index (χ1v) is 10.7. The van der Waals surface area contributed by atoms with Gasteiger partial charge in [0.1, 0.15) is 5.92 Å². The molecule has 0 saturated heterocycles. The quantitative estimate of drug-likeness (QED) is 0.399. The largest absolute Gasteiger partial charge is 0.359 e. The predicted octanol–water partition coefficient (Wildman–Crippen LogP) is 1.91. The molecule has 4 N–H and O–H groups in total. The molecule has 0 radical (unpaired) electrons. The monoisotopic (exact) mass is 455 g/mol. The zero-order valence-corrected chi connectivity index (χ0v) is 18.2. The maximum absolute atomic E-state index is 12.6. The molecule has 34 heavy (non-hydrogen) atoms. The average Bonchev–Trinajstić information content (AvgIpc) is 3.60. The third-order valence-electron chi connectivity index (χ3n) is 5.57. The fraction of sp³-hybridized carbons (Fsp3) is 0.174. The third kappa shape index (κ3) is 4.06. The molecule has 5 heterocycles. The number of carbonyl (C=O) groups is 2. The fourth-order valence-corrected chi connectivity index (χ4v) is 3.97. The highest BCUT2D eigenvalue weighted by molar-refractivity contribution is 6.24. The van der Waals surface area contributed by atoms with Gasteiger partial charge in [-0.2, -0.15) is 5.10 Å². The van der Waals surface area contributed by atoms with Crippen LogP contribution in [0.5, 0.6) is 0 Å². The molecule has 11 heteroatoms. The number of Topliss-reactive ketones (excluding diaryl/α,β-unsaturated/α-hetero) is 1. The van der Waals surface area contributed by atoms with E-state index in [0.717, 1.165) is 22.5 Å². The summed E-state index contributed by atoms with van der Waals surface area (Å²) in [4.78, 5) is 48.4. The van der Waals surface area contributed by atoms with Gasteiger partial charge in [-0.3, -0.25) is 14.6 Å². The average molecular weight is 455 g/mol. The molecule has 0 saturated carbocycles. The Hall–Kier alpha value is -4.67. The summed E-state index contributed by atoms with van der Waals surface area (Å²) < 4.78 is 0. The number of allylic oxidation sites excluding steroid dienone is 1. The lowest BCUT2D eigenvalue weighted by molar-refractivity contribution is -0.120. The van der Waals surface area contributed by atoms with E-state index in [9.17, 15) is 9.59 Å². The second kappa shape index (κ2) is 9.06. The van der Waals surface area contributed by atoms with Crippen molar-refractivity contribution in [1.82, 2.24) is 35.7 Å². The highest BCUT2D eigenvalue weighted by Gasteiger charge is 2.30. The molecule has 11 nitrogen and oxygen atoms in total. The summed E-state index contributed by atoms with van der Waals surface area (Å²) in [6.45, 7) is 1.95. The van der Waals surface area contributed by atoms with Gasteiger partial charge in [0, 0.05) is 61.1 Å². The van der Waals surface area contributed by atoms with Crippen LogP contribution in [0.3, 0.4) is 0 Å². The van der Waals surface area contributed by atoms with Gasteiger partial charge in [0.2, 0.25) is 0 Å². The van der Waals surface area contributed by atoms with Gasteiger partial charge >= 0.3 is 0 Å². The predicted molar refractivity (Wildman–Crippen MR) is 126 cm³/mol. The Kier molecular flexibility index (Phi) is 5.65. The molecular weight excluding hydrogens is 434 g/mol. The first-order chi connectivity index (χ1) is 16.6. The van der Waals surface area contributed by atoms with E-state index in [-0.39, 0.29) is 18.1 Å². The topological polar surface area (TPSA) is 153 Å². The maximum Gasteiger partial charge on any atom is 0.254 e. The molecular formula is C23H21N9O2. The van der Waals surface area contributed by atoms with Gasteiger partial charge < -0.3 is 15.3 Å². The van der Waals surface area contributed by atoms with Crippen LogP contribution in [-0.4, -0.2) is 48.5 Å². The first-order valence-electron chi connectivity index (χ1n) is 10.7. The first kappa shape index (κ1) is 21.2. The minimum absolute atomic E-state index is 0.0783. The number of imidazole rings is 1. The van der Waals surface area contributed by atoms with Crippen molar-refractivity contribution >= 4 is 29.7 Å². The van der Waals surface area contributed by atoms with E-state index >= 15 is 0 Å². The molecule has 0 aromatic carbocycles. The van der Waals surface area contributed by atoms with Gasteiger partial charge in [-0.25, -0.2) is 20.4 Å². The molecule has 1 amide bonds. The van der Waals surface area contributed by atoms with E-state index in [1.165, 1.54) is 6.21 Å². The maximum atomic E-state index is 12.6. The Morgan fingerprint density at radius 2 is 2.03 bits per heavy atom. The van der Waals surface area contributed by atoms with Crippen LogP contribution in [0.25, 0.3) is 17.5 Å². The normalized spacial score (nSPS) is 18.1. The van der Waals surface area contributed by atoms with Crippen molar-refractivity contribution in [2.75, 3.05) is 0 Å². The fourth-order valence-electron chi connectivity index (χ4n) is 3.97. The minimum Gasteiger partial charge on any atom is -0.359 e. The number of hydrogen-bond acceptors (Lipinski definition) is 8. The number of ketones is 1. The summed E-state index contributed by atoms with van der Waals surface area (Å²) in [7, 11) is 0. The Morgan fingerprint density at radius 3 is 2.76 bits per heavy atom. The van der Waals surface area contributed by atoms with Gasteiger partial charge in [-0.05, 0) is 31.1 Å². The lowest BCUT2D eigenvalue weighted by Crippen LogP contribution is -2.32. The van der Waals surface area contributed by atoms with Gasteiger partial charge in [0.15, 0.2) is 17.4 Å². The Labute approximate surface area is 194 Å². The van der Waals surface area contributed by atoms with Crippen molar-refractivity contribution in [3.05, 3.63) is 71.7 Å². The molecule has 2 aliphatic heterocycles. The van der Waals surface area contributed by atoms with Crippen molar-refractivity contribution in [3.8, 4) is 11.4 Å². The number of rotatable bonds is 7. The van der Waals surface area contributed by atoms with Crippen LogP contribution in [0.15, 0.2) is 59.0 Å². The molecule has 0 bridgehead atoms. The zero-order valence-electron chi connectivity index (χ0n) is 18.2. The Balaban J connectivity index is 1.53. The lowest BCUT2D eigenvalue weighted by Gasteiger charge is -2.16. The summed E-state index contributed by atoms with van der Waals surface area (Å²) >= 11 is 0. The number of H-pyrrole nitrogens is 2. The van der Waals surface area contributed by atoms with Crippen LogP contribution < -0.4 is 10.7 Å². The van der Waals surface area contributed by atoms with Crippen LogP contribution >= 0.6 is 0 Å². The van der Waals surface area contributed by atoms with Gasteiger partial charge in [0.25, 0.3) is 5.91 Å². The van der Waals surface area contributed by atoms with Crippen molar-refractivity contribution in [1.29, 1.82) is 0 Å². The summed E-state index contributed by atoms with van der Waals surface area (Å²) in [6.07, 6.45) is 14.0. The Bertz CT molecular complexity index is 1350. The van der Waals surface area contributed by atoms with Gasteiger partial charge in [0.05, 0.1) is 17.1 Å². The smallest absolute Gasteiger partial charge is 0.254 e. The highest BCUT2D eigenvalue weighted by atomic mass is 16.2. The van der Waals surface area contributed by atoms with Crippen LogP contribution in [0.2, 0.25) is 0 Å². The molecule has 0 spiro atoms. The summed E-state index contributed by atoms with van der Waals surface area (Å²) in [5.41, 5.74) is 6.99. The number of nitrogens with one attached hydrogen (secondary N) is 4. The summed E-state index contributed by atoms with van der Waals surface area (Å²) in [6, 6.07) is 1.75. The number of hydrogen-bond donors (Lipinski definition) is 4. The molecule has 2 aliphatic rings. The zero-order chi connectivity index (χ0) is 23.5. The van der Waals surface area contributed by atoms with E-state index in [1.807, 2.05) is 13.0 Å². The summed E-state index contributed by atoms with van der Waals surface area (Å²) in [5, 5.41) is 7.03. The molecule has 170 valence electrons. The number of hydrazone groups is 1. The van der Waals surface area contributed by atoms with Crippen molar-refractivity contribution in [2.24, 2.45) is 16.0 Å². The standard InChI is InChI=1S/C23H21N9O2/c1-13-14(3-4-18(33)21-28-9-10-29-21)19(22-26-5-2-6-27-22)16(31-13)11-17-20(25-8-7-24-17)15-12-30-32-23(15)34/h2,5-12,15,24,31H,3-4H2,1H3,(H,28,29)(H,32,34). The van der Waals surface area contributed by atoms with Crippen molar-refractivity contribution < 1.29 is 9.59 Å².